The van der Waals surface area contributed by atoms with E-state index in [1.54, 1.807) is 25.6 Å². The third-order valence-corrected chi connectivity index (χ3v) is 6.86. The Hall–Kier alpha value is -1.90. The highest BCUT2D eigenvalue weighted by Crippen LogP contribution is 2.18. The summed E-state index contributed by atoms with van der Waals surface area (Å²) in [5, 5.41) is 4.20. The summed E-state index contributed by atoms with van der Waals surface area (Å²) < 4.78 is 29.4. The lowest BCUT2D eigenvalue weighted by Gasteiger charge is -2.36. The second-order valence-electron chi connectivity index (χ2n) is 7.04. The third kappa shape index (κ3) is 4.69. The second-order valence-corrected chi connectivity index (χ2v) is 8.74. The smallest absolute Gasteiger partial charge is 0.244 e. The summed E-state index contributed by atoms with van der Waals surface area (Å²) in [6.07, 6.45) is 0.795. The first-order valence-electron chi connectivity index (χ1n) is 9.40. The number of aryl methyl sites for hydroxylation is 2. The minimum atomic E-state index is -3.51. The average Bonchev–Trinajstić information content (AvgIpc) is 2.92. The summed E-state index contributed by atoms with van der Waals surface area (Å²) in [5.41, 5.74) is 2.48. The minimum absolute atomic E-state index is 0.307. The number of aromatic nitrogens is 2. The largest absolute Gasteiger partial charge is 0.369 e. The van der Waals surface area contributed by atoms with Gasteiger partial charge in [-0.25, -0.2) is 13.1 Å². The first-order chi connectivity index (χ1) is 12.9. The van der Waals surface area contributed by atoms with Crippen LogP contribution in [0.4, 0.5) is 5.69 Å². The normalized spacial score (nSPS) is 16.0. The molecule has 0 bridgehead atoms. The van der Waals surface area contributed by atoms with Crippen molar-refractivity contribution in [2.45, 2.75) is 25.2 Å². The molecule has 1 N–H and O–H groups in total. The van der Waals surface area contributed by atoms with Gasteiger partial charge in [-0.3, -0.25) is 9.58 Å². The Morgan fingerprint density at radius 2 is 1.74 bits per heavy atom. The van der Waals surface area contributed by atoms with Gasteiger partial charge in [0.1, 0.15) is 4.90 Å². The van der Waals surface area contributed by atoms with Crippen LogP contribution >= 0.6 is 0 Å². The topological polar surface area (TPSA) is 70.5 Å². The summed E-state index contributed by atoms with van der Waals surface area (Å²) in [6, 6.07) is 10.5. The van der Waals surface area contributed by atoms with Crippen LogP contribution in [0.2, 0.25) is 0 Å². The van der Waals surface area contributed by atoms with Crippen molar-refractivity contribution in [1.29, 1.82) is 0 Å². The molecular weight excluding hydrogens is 362 g/mol. The summed E-state index contributed by atoms with van der Waals surface area (Å²) >= 11 is 0. The molecule has 1 aliphatic rings. The number of piperazine rings is 1. The number of rotatable bonds is 7. The molecule has 27 heavy (non-hydrogen) atoms. The molecule has 0 spiro atoms. The van der Waals surface area contributed by atoms with E-state index in [1.807, 2.05) is 6.07 Å². The molecule has 2 aromatic rings. The van der Waals surface area contributed by atoms with Gasteiger partial charge in [0.05, 0.1) is 11.4 Å². The van der Waals surface area contributed by atoms with Gasteiger partial charge < -0.3 is 4.90 Å². The van der Waals surface area contributed by atoms with Crippen LogP contribution in [0.15, 0.2) is 35.2 Å². The van der Waals surface area contributed by atoms with Crippen molar-refractivity contribution in [2.24, 2.45) is 7.05 Å². The number of benzene rings is 1. The second kappa shape index (κ2) is 8.41. The highest BCUT2D eigenvalue weighted by atomic mass is 32.2. The van der Waals surface area contributed by atoms with E-state index < -0.39 is 10.0 Å². The third-order valence-electron chi connectivity index (χ3n) is 5.15. The van der Waals surface area contributed by atoms with Gasteiger partial charge in [0, 0.05) is 45.5 Å². The van der Waals surface area contributed by atoms with Crippen LogP contribution < -0.4 is 9.62 Å². The van der Waals surface area contributed by atoms with Gasteiger partial charge >= 0.3 is 0 Å². The first-order valence-corrected chi connectivity index (χ1v) is 10.9. The van der Waals surface area contributed by atoms with Crippen molar-refractivity contribution < 1.29 is 8.42 Å². The van der Waals surface area contributed by atoms with Crippen LogP contribution in [0, 0.1) is 13.8 Å². The van der Waals surface area contributed by atoms with Crippen LogP contribution in [0.1, 0.15) is 17.8 Å². The van der Waals surface area contributed by atoms with E-state index in [4.69, 9.17) is 0 Å². The van der Waals surface area contributed by atoms with E-state index in [0.29, 0.717) is 22.8 Å². The Kier molecular flexibility index (Phi) is 6.18. The zero-order valence-electron chi connectivity index (χ0n) is 16.4. The van der Waals surface area contributed by atoms with Crippen molar-refractivity contribution in [2.75, 3.05) is 44.2 Å². The molecule has 1 aromatic carbocycles. The standard InChI is InChI=1S/C19H29N5O2S/c1-16-19(17(2)22(3)21-16)27(25,26)20-10-7-11-23-12-14-24(15-13-23)18-8-5-4-6-9-18/h4-6,8-9,20H,7,10-15H2,1-3H3. The van der Waals surface area contributed by atoms with E-state index in [2.05, 4.69) is 43.9 Å². The number of sulfonamides is 1. The van der Waals surface area contributed by atoms with Crippen molar-refractivity contribution in [3.05, 3.63) is 41.7 Å². The van der Waals surface area contributed by atoms with Crippen LogP contribution in [-0.2, 0) is 17.1 Å². The van der Waals surface area contributed by atoms with Gasteiger partial charge in [0.25, 0.3) is 0 Å². The monoisotopic (exact) mass is 391 g/mol. The lowest BCUT2D eigenvalue weighted by atomic mass is 10.2. The average molecular weight is 392 g/mol. The zero-order valence-corrected chi connectivity index (χ0v) is 17.2. The maximum atomic E-state index is 12.6. The van der Waals surface area contributed by atoms with Crippen molar-refractivity contribution >= 4 is 15.7 Å². The predicted molar refractivity (Wildman–Crippen MR) is 108 cm³/mol. The molecule has 0 saturated carbocycles. The van der Waals surface area contributed by atoms with Crippen LogP contribution in [-0.4, -0.2) is 62.4 Å². The summed E-state index contributed by atoms with van der Waals surface area (Å²) in [4.78, 5) is 5.10. The number of nitrogens with one attached hydrogen (secondary N) is 1. The number of nitrogens with zero attached hydrogens (tertiary/aromatic N) is 4. The van der Waals surface area contributed by atoms with Crippen molar-refractivity contribution in [3.8, 4) is 0 Å². The molecule has 0 unspecified atom stereocenters. The fraction of sp³-hybridized carbons (Fsp3) is 0.526. The molecule has 1 saturated heterocycles. The van der Waals surface area contributed by atoms with E-state index in [1.165, 1.54) is 5.69 Å². The van der Waals surface area contributed by atoms with E-state index in [-0.39, 0.29) is 0 Å². The Morgan fingerprint density at radius 1 is 1.07 bits per heavy atom. The van der Waals surface area contributed by atoms with Crippen molar-refractivity contribution in [3.63, 3.8) is 0 Å². The molecule has 7 nitrogen and oxygen atoms in total. The van der Waals surface area contributed by atoms with Crippen LogP contribution in [0.3, 0.4) is 0 Å². The molecule has 1 aromatic heterocycles. The summed E-state index contributed by atoms with van der Waals surface area (Å²) in [7, 11) is -1.75. The van der Waals surface area contributed by atoms with E-state index in [0.717, 1.165) is 39.1 Å². The fourth-order valence-corrected chi connectivity index (χ4v) is 5.10. The van der Waals surface area contributed by atoms with E-state index in [9.17, 15) is 8.42 Å². The molecule has 8 heteroatoms. The minimum Gasteiger partial charge on any atom is -0.369 e. The Labute approximate surface area is 162 Å². The molecule has 148 valence electrons. The Balaban J connectivity index is 1.43. The van der Waals surface area contributed by atoms with E-state index >= 15 is 0 Å². The molecule has 0 aliphatic carbocycles. The quantitative estimate of drug-likeness (QED) is 0.725. The Bertz CT molecular complexity index is 856. The Morgan fingerprint density at radius 3 is 2.33 bits per heavy atom. The van der Waals surface area contributed by atoms with Gasteiger partial charge in [0.2, 0.25) is 10.0 Å². The maximum absolute atomic E-state index is 12.6. The molecule has 3 rings (SSSR count). The zero-order chi connectivity index (χ0) is 19.4. The van der Waals surface area contributed by atoms with Gasteiger partial charge in [-0.05, 0) is 38.9 Å². The predicted octanol–water partition coefficient (Wildman–Crippen LogP) is 1.53. The molecule has 1 fully saturated rings. The molecule has 0 radical (unpaired) electrons. The van der Waals surface area contributed by atoms with Crippen LogP contribution in [0.25, 0.3) is 0 Å². The fourth-order valence-electron chi connectivity index (χ4n) is 3.59. The SMILES string of the molecule is Cc1nn(C)c(C)c1S(=O)(=O)NCCCN1CCN(c2ccccc2)CC1. The molecular formula is C19H29N5O2S. The van der Waals surface area contributed by atoms with Crippen LogP contribution in [0.5, 0.6) is 0 Å². The number of anilines is 1. The highest BCUT2D eigenvalue weighted by molar-refractivity contribution is 7.89. The lowest BCUT2D eigenvalue weighted by Crippen LogP contribution is -2.47. The molecule has 1 aliphatic heterocycles. The maximum Gasteiger partial charge on any atom is 0.244 e. The number of hydrogen-bond acceptors (Lipinski definition) is 5. The molecule has 2 heterocycles. The number of hydrogen-bond donors (Lipinski definition) is 1. The first kappa shape index (κ1) is 19.9. The van der Waals surface area contributed by atoms with Gasteiger partial charge in [0.15, 0.2) is 0 Å². The van der Waals surface area contributed by atoms with Gasteiger partial charge in [-0.1, -0.05) is 18.2 Å². The summed E-state index contributed by atoms with van der Waals surface area (Å²) in [5.74, 6) is 0. The molecule has 0 atom stereocenters. The number of para-hydroxylation sites is 1. The van der Waals surface area contributed by atoms with Crippen molar-refractivity contribution in [1.82, 2.24) is 19.4 Å². The molecule has 0 amide bonds. The van der Waals surface area contributed by atoms with Gasteiger partial charge in [-0.15, -0.1) is 0 Å². The lowest BCUT2D eigenvalue weighted by molar-refractivity contribution is 0.255. The summed E-state index contributed by atoms with van der Waals surface area (Å²) in [6.45, 7) is 8.86. The highest BCUT2D eigenvalue weighted by Gasteiger charge is 2.23. The van der Waals surface area contributed by atoms with Gasteiger partial charge in [-0.2, -0.15) is 5.10 Å².